The molecular weight excluding hydrogens is 240 g/mol. The summed E-state index contributed by atoms with van der Waals surface area (Å²) in [5.74, 6) is 0. The average molecular weight is 258 g/mol. The molecule has 0 aliphatic heterocycles. The van der Waals surface area contributed by atoms with Crippen LogP contribution < -0.4 is 0 Å². The Hall–Kier alpha value is -2.34. The number of aryl methyl sites for hydroxylation is 1. The SMILES string of the molecule is Cc1ccc(/C=C/Cc2cccc3ccccc23)cc1. The van der Waals surface area contributed by atoms with Crippen LogP contribution in [-0.2, 0) is 6.42 Å². The fourth-order valence-corrected chi connectivity index (χ4v) is 2.47. The van der Waals surface area contributed by atoms with E-state index in [0.29, 0.717) is 0 Å². The molecule has 3 aromatic carbocycles. The molecule has 0 atom stereocenters. The molecule has 0 aromatic heterocycles. The van der Waals surface area contributed by atoms with E-state index in [-0.39, 0.29) is 0 Å². The summed E-state index contributed by atoms with van der Waals surface area (Å²) in [4.78, 5) is 0. The van der Waals surface area contributed by atoms with Crippen LogP contribution in [0.15, 0.2) is 72.8 Å². The van der Waals surface area contributed by atoms with E-state index in [1.54, 1.807) is 0 Å². The molecule has 0 nitrogen and oxygen atoms in total. The Morgan fingerprint density at radius 3 is 2.40 bits per heavy atom. The Bertz CT molecular complexity index is 728. The first-order chi connectivity index (χ1) is 9.83. The molecule has 0 saturated carbocycles. The predicted octanol–water partition coefficient (Wildman–Crippen LogP) is 5.40. The number of benzene rings is 3. The van der Waals surface area contributed by atoms with Gasteiger partial charge in [0.2, 0.25) is 0 Å². The molecule has 3 rings (SSSR count). The monoisotopic (exact) mass is 258 g/mol. The van der Waals surface area contributed by atoms with Gasteiger partial charge in [-0.25, -0.2) is 0 Å². The van der Waals surface area contributed by atoms with Gasteiger partial charge in [0.05, 0.1) is 0 Å². The predicted molar refractivity (Wildman–Crippen MR) is 87.9 cm³/mol. The van der Waals surface area contributed by atoms with Gasteiger partial charge in [0.25, 0.3) is 0 Å². The molecule has 0 fully saturated rings. The first kappa shape index (κ1) is 12.7. The van der Waals surface area contributed by atoms with Gasteiger partial charge in [0.15, 0.2) is 0 Å². The van der Waals surface area contributed by atoms with E-state index in [2.05, 4.69) is 85.8 Å². The molecule has 0 bridgehead atoms. The van der Waals surface area contributed by atoms with Crippen molar-refractivity contribution in [1.82, 2.24) is 0 Å². The highest BCUT2D eigenvalue weighted by molar-refractivity contribution is 5.85. The summed E-state index contributed by atoms with van der Waals surface area (Å²) in [6, 6.07) is 23.7. The fraction of sp³-hybridized carbons (Fsp3) is 0.100. The molecule has 0 saturated heterocycles. The Labute approximate surface area is 120 Å². The molecule has 0 aliphatic rings. The zero-order chi connectivity index (χ0) is 13.8. The van der Waals surface area contributed by atoms with Gasteiger partial charge in [-0.05, 0) is 35.2 Å². The number of allylic oxidation sites excluding steroid dienone is 1. The van der Waals surface area contributed by atoms with E-state index in [9.17, 15) is 0 Å². The highest BCUT2D eigenvalue weighted by Crippen LogP contribution is 2.19. The maximum atomic E-state index is 2.24. The van der Waals surface area contributed by atoms with Gasteiger partial charge in [-0.3, -0.25) is 0 Å². The average Bonchev–Trinajstić information content (AvgIpc) is 2.49. The molecule has 98 valence electrons. The zero-order valence-electron chi connectivity index (χ0n) is 11.7. The van der Waals surface area contributed by atoms with Gasteiger partial charge in [-0.1, -0.05) is 84.4 Å². The maximum Gasteiger partial charge on any atom is -0.00880 e. The quantitative estimate of drug-likeness (QED) is 0.589. The molecule has 0 heterocycles. The third-order valence-corrected chi connectivity index (χ3v) is 3.61. The van der Waals surface area contributed by atoms with Crippen LogP contribution in [0, 0.1) is 6.92 Å². The Morgan fingerprint density at radius 1 is 0.800 bits per heavy atom. The Morgan fingerprint density at radius 2 is 1.55 bits per heavy atom. The highest BCUT2D eigenvalue weighted by Gasteiger charge is 1.97. The van der Waals surface area contributed by atoms with Crippen molar-refractivity contribution in [3.05, 3.63) is 89.5 Å². The minimum absolute atomic E-state index is 0.967. The topological polar surface area (TPSA) is 0 Å². The van der Waals surface area contributed by atoms with Crippen molar-refractivity contribution in [3.63, 3.8) is 0 Å². The lowest BCUT2D eigenvalue weighted by Crippen LogP contribution is -1.84. The van der Waals surface area contributed by atoms with Crippen LogP contribution in [0.2, 0.25) is 0 Å². The highest BCUT2D eigenvalue weighted by atomic mass is 14.0. The first-order valence-electron chi connectivity index (χ1n) is 7.03. The van der Waals surface area contributed by atoms with Crippen LogP contribution in [0.5, 0.6) is 0 Å². The minimum atomic E-state index is 0.967. The van der Waals surface area contributed by atoms with E-state index >= 15 is 0 Å². The number of rotatable bonds is 3. The second-order valence-electron chi connectivity index (χ2n) is 5.16. The van der Waals surface area contributed by atoms with E-state index in [0.717, 1.165) is 6.42 Å². The summed E-state index contributed by atoms with van der Waals surface area (Å²) in [7, 11) is 0. The second kappa shape index (κ2) is 5.75. The summed E-state index contributed by atoms with van der Waals surface area (Å²) in [6.45, 7) is 2.11. The summed E-state index contributed by atoms with van der Waals surface area (Å²) >= 11 is 0. The normalized spacial score (nSPS) is 11.2. The van der Waals surface area contributed by atoms with Crippen LogP contribution >= 0.6 is 0 Å². The van der Waals surface area contributed by atoms with Gasteiger partial charge in [-0.15, -0.1) is 0 Å². The number of fused-ring (bicyclic) bond motifs is 1. The molecule has 0 unspecified atom stereocenters. The van der Waals surface area contributed by atoms with Gasteiger partial charge >= 0.3 is 0 Å². The third kappa shape index (κ3) is 2.80. The summed E-state index contributed by atoms with van der Waals surface area (Å²) in [6.07, 6.45) is 5.41. The molecule has 0 N–H and O–H groups in total. The van der Waals surface area contributed by atoms with Crippen LogP contribution in [0.3, 0.4) is 0 Å². The van der Waals surface area contributed by atoms with Gasteiger partial charge < -0.3 is 0 Å². The first-order valence-corrected chi connectivity index (χ1v) is 7.03. The molecule has 0 heteroatoms. The Balaban J connectivity index is 1.81. The molecule has 3 aromatic rings. The van der Waals surface area contributed by atoms with Crippen molar-refractivity contribution in [2.24, 2.45) is 0 Å². The molecule has 0 radical (unpaired) electrons. The van der Waals surface area contributed by atoms with Crippen LogP contribution in [0.1, 0.15) is 16.7 Å². The maximum absolute atomic E-state index is 2.24. The van der Waals surface area contributed by atoms with Crippen molar-refractivity contribution in [1.29, 1.82) is 0 Å². The van der Waals surface area contributed by atoms with Crippen molar-refractivity contribution < 1.29 is 0 Å². The number of hydrogen-bond donors (Lipinski definition) is 0. The van der Waals surface area contributed by atoms with Crippen molar-refractivity contribution in [3.8, 4) is 0 Å². The van der Waals surface area contributed by atoms with E-state index in [1.807, 2.05) is 0 Å². The third-order valence-electron chi connectivity index (χ3n) is 3.61. The largest absolute Gasteiger partial charge is 0.0795 e. The van der Waals surface area contributed by atoms with Crippen molar-refractivity contribution in [2.75, 3.05) is 0 Å². The van der Waals surface area contributed by atoms with Crippen molar-refractivity contribution in [2.45, 2.75) is 13.3 Å². The summed E-state index contributed by atoms with van der Waals surface area (Å²) in [5, 5.41) is 2.66. The minimum Gasteiger partial charge on any atom is -0.0795 e. The van der Waals surface area contributed by atoms with Crippen LogP contribution in [-0.4, -0.2) is 0 Å². The Kier molecular flexibility index (Phi) is 3.64. The zero-order valence-corrected chi connectivity index (χ0v) is 11.7. The van der Waals surface area contributed by atoms with Crippen LogP contribution in [0.4, 0.5) is 0 Å². The second-order valence-corrected chi connectivity index (χ2v) is 5.16. The lowest BCUT2D eigenvalue weighted by Gasteiger charge is -2.03. The van der Waals surface area contributed by atoms with E-state index < -0.39 is 0 Å². The standard InChI is InChI=1S/C20H18/c1-16-12-14-17(15-13-16)6-4-8-19-10-5-9-18-7-2-3-11-20(18)19/h2-7,9-15H,8H2,1H3/b6-4+. The fourth-order valence-electron chi connectivity index (χ4n) is 2.47. The van der Waals surface area contributed by atoms with Gasteiger partial charge in [0.1, 0.15) is 0 Å². The number of hydrogen-bond acceptors (Lipinski definition) is 0. The lowest BCUT2D eigenvalue weighted by molar-refractivity contribution is 1.31. The van der Waals surface area contributed by atoms with Crippen molar-refractivity contribution >= 4 is 16.8 Å². The van der Waals surface area contributed by atoms with Gasteiger partial charge in [0, 0.05) is 0 Å². The van der Waals surface area contributed by atoms with E-state index in [4.69, 9.17) is 0 Å². The van der Waals surface area contributed by atoms with E-state index in [1.165, 1.54) is 27.5 Å². The molecule has 20 heavy (non-hydrogen) atoms. The molecular formula is C20H18. The van der Waals surface area contributed by atoms with Crippen LogP contribution in [0.25, 0.3) is 16.8 Å². The molecule has 0 aliphatic carbocycles. The molecule has 0 amide bonds. The lowest BCUT2D eigenvalue weighted by atomic mass is 10.0. The summed E-state index contributed by atoms with van der Waals surface area (Å²) in [5.41, 5.74) is 3.94. The van der Waals surface area contributed by atoms with Gasteiger partial charge in [-0.2, -0.15) is 0 Å². The summed E-state index contributed by atoms with van der Waals surface area (Å²) < 4.78 is 0. The molecule has 0 spiro atoms. The smallest absolute Gasteiger partial charge is 0.00880 e.